The van der Waals surface area contributed by atoms with Gasteiger partial charge in [0.25, 0.3) is 0 Å². The molecule has 0 N–H and O–H groups in total. The predicted octanol–water partition coefficient (Wildman–Crippen LogP) is 1.32. The highest BCUT2D eigenvalue weighted by molar-refractivity contribution is 5.81. The molecule has 0 aromatic carbocycles. The summed E-state index contributed by atoms with van der Waals surface area (Å²) in [6.45, 7) is 2.70. The molecule has 4 rings (SSSR count). The summed E-state index contributed by atoms with van der Waals surface area (Å²) in [5.41, 5.74) is 0.740. The molecule has 140 valence electrons. The zero-order valence-electron chi connectivity index (χ0n) is 15.5. The molecule has 8 heteroatoms. The number of carbonyl (C=O) groups is 1. The average molecular weight is 358 g/mol. The Kier molecular flexibility index (Phi) is 4.76. The van der Waals surface area contributed by atoms with Crippen molar-refractivity contribution >= 4 is 11.6 Å². The number of ether oxygens (including phenoxy) is 1. The van der Waals surface area contributed by atoms with Crippen molar-refractivity contribution in [2.24, 2.45) is 0 Å². The van der Waals surface area contributed by atoms with Gasteiger partial charge >= 0.3 is 0 Å². The first-order valence-corrected chi connectivity index (χ1v) is 9.43. The lowest BCUT2D eigenvalue weighted by Crippen LogP contribution is -2.49. The van der Waals surface area contributed by atoms with E-state index in [4.69, 9.17) is 4.74 Å². The van der Waals surface area contributed by atoms with E-state index in [1.165, 1.54) is 0 Å². The molecule has 0 aliphatic carbocycles. The monoisotopic (exact) mass is 358 g/mol. The van der Waals surface area contributed by atoms with Crippen LogP contribution < -0.4 is 4.74 Å². The summed E-state index contributed by atoms with van der Waals surface area (Å²) in [5, 5.41) is 13.1. The summed E-state index contributed by atoms with van der Waals surface area (Å²) in [6, 6.07) is 3.71. The van der Waals surface area contributed by atoms with Gasteiger partial charge in [0.05, 0.1) is 13.2 Å². The molecule has 0 spiro atoms. The van der Waals surface area contributed by atoms with Gasteiger partial charge in [-0.3, -0.25) is 9.69 Å². The van der Waals surface area contributed by atoms with Crippen molar-refractivity contribution in [3.63, 3.8) is 0 Å². The van der Waals surface area contributed by atoms with E-state index in [1.807, 2.05) is 18.0 Å². The van der Waals surface area contributed by atoms with Crippen LogP contribution in [0, 0.1) is 0 Å². The summed E-state index contributed by atoms with van der Waals surface area (Å²) < 4.78 is 7.02. The van der Waals surface area contributed by atoms with Gasteiger partial charge in [0.2, 0.25) is 11.8 Å². The van der Waals surface area contributed by atoms with E-state index in [-0.39, 0.29) is 11.9 Å². The van der Waals surface area contributed by atoms with Crippen molar-refractivity contribution in [3.05, 3.63) is 18.0 Å². The normalized spacial score (nSPS) is 23.4. The van der Waals surface area contributed by atoms with E-state index in [1.54, 1.807) is 17.7 Å². The largest absolute Gasteiger partial charge is 0.480 e. The third-order valence-electron chi connectivity index (χ3n) is 5.69. The number of carbonyl (C=O) groups excluding carboxylic acids is 1. The maximum Gasteiger partial charge on any atom is 0.239 e. The summed E-state index contributed by atoms with van der Waals surface area (Å²) >= 11 is 0. The third-order valence-corrected chi connectivity index (χ3v) is 5.69. The van der Waals surface area contributed by atoms with Crippen LogP contribution >= 0.6 is 0 Å². The Morgan fingerprint density at radius 1 is 1.08 bits per heavy atom. The molecular formula is C18H26N6O2. The second-order valence-electron chi connectivity index (χ2n) is 7.29. The van der Waals surface area contributed by atoms with Gasteiger partial charge in [-0.15, -0.1) is 15.3 Å². The summed E-state index contributed by atoms with van der Waals surface area (Å²) in [5.74, 6) is 2.03. The molecule has 1 unspecified atom stereocenters. The molecule has 8 nitrogen and oxygen atoms in total. The van der Waals surface area contributed by atoms with Crippen molar-refractivity contribution in [1.29, 1.82) is 0 Å². The number of aromatic nitrogens is 4. The number of amides is 1. The molecule has 2 fully saturated rings. The van der Waals surface area contributed by atoms with E-state index < -0.39 is 0 Å². The Bertz CT molecular complexity index is 783. The van der Waals surface area contributed by atoms with Crippen LogP contribution in [0.3, 0.4) is 0 Å². The topological polar surface area (TPSA) is 75.9 Å². The molecule has 1 amide bonds. The number of likely N-dealkylation sites (tertiary alicyclic amines) is 2. The van der Waals surface area contributed by atoms with Crippen molar-refractivity contribution in [2.45, 2.75) is 44.1 Å². The molecule has 1 atom stereocenters. The van der Waals surface area contributed by atoms with Gasteiger partial charge in [-0.1, -0.05) is 0 Å². The Hall–Kier alpha value is -2.22. The van der Waals surface area contributed by atoms with Crippen LogP contribution in [0.2, 0.25) is 0 Å². The lowest BCUT2D eigenvalue weighted by molar-refractivity contribution is -0.135. The molecule has 26 heavy (non-hydrogen) atoms. The number of likely N-dealkylation sites (N-methyl/N-ethyl adjacent to an activating group) is 1. The standard InChI is InChI=1S/C18H26N6O2/c1-22-10-4-3-5-14(18(22)25)23-11-8-13(9-12-23)17-20-19-15-6-7-16(26-2)21-24(15)17/h6-7,13-14H,3-5,8-12H2,1-2H3. The van der Waals surface area contributed by atoms with E-state index in [2.05, 4.69) is 20.2 Å². The molecule has 2 aromatic heterocycles. The number of hydrogen-bond donors (Lipinski definition) is 0. The Balaban J connectivity index is 1.47. The third kappa shape index (κ3) is 3.13. The molecule has 0 saturated carbocycles. The number of piperidine rings is 1. The summed E-state index contributed by atoms with van der Waals surface area (Å²) in [7, 11) is 3.53. The lowest BCUT2D eigenvalue weighted by Gasteiger charge is -2.36. The minimum atomic E-state index is 0.0387. The molecule has 2 aliphatic heterocycles. The number of fused-ring (bicyclic) bond motifs is 1. The molecule has 0 bridgehead atoms. The first-order chi connectivity index (χ1) is 12.7. The number of hydrogen-bond acceptors (Lipinski definition) is 6. The maximum atomic E-state index is 12.6. The van der Waals surface area contributed by atoms with Crippen LogP contribution in [0.25, 0.3) is 5.65 Å². The van der Waals surface area contributed by atoms with Crippen molar-refractivity contribution in [3.8, 4) is 5.88 Å². The second-order valence-corrected chi connectivity index (χ2v) is 7.29. The van der Waals surface area contributed by atoms with E-state index >= 15 is 0 Å². The molecule has 4 heterocycles. The van der Waals surface area contributed by atoms with Gasteiger partial charge in [0.15, 0.2) is 11.5 Å². The smallest absolute Gasteiger partial charge is 0.239 e. The van der Waals surface area contributed by atoms with Crippen molar-refractivity contribution in [1.82, 2.24) is 29.6 Å². The highest BCUT2D eigenvalue weighted by Crippen LogP contribution is 2.29. The molecule has 2 aromatic rings. The second kappa shape index (κ2) is 7.19. The number of rotatable bonds is 3. The average Bonchev–Trinajstić information content (AvgIpc) is 3.03. The molecule has 2 saturated heterocycles. The highest BCUT2D eigenvalue weighted by atomic mass is 16.5. The van der Waals surface area contributed by atoms with Crippen LogP contribution in [-0.2, 0) is 4.79 Å². The van der Waals surface area contributed by atoms with Gasteiger partial charge < -0.3 is 9.64 Å². The Morgan fingerprint density at radius 3 is 2.65 bits per heavy atom. The highest BCUT2D eigenvalue weighted by Gasteiger charge is 2.34. The molecule has 2 aliphatic rings. The lowest BCUT2D eigenvalue weighted by atomic mass is 9.94. The minimum absolute atomic E-state index is 0.0387. The van der Waals surface area contributed by atoms with Crippen LogP contribution in [0.1, 0.15) is 43.8 Å². The van der Waals surface area contributed by atoms with Crippen molar-refractivity contribution in [2.75, 3.05) is 33.8 Å². The van der Waals surface area contributed by atoms with Crippen LogP contribution in [-0.4, -0.2) is 75.4 Å². The SMILES string of the molecule is COc1ccc2nnc(C3CCN(C4CCCCN(C)C4=O)CC3)n2n1. The van der Waals surface area contributed by atoms with Crippen molar-refractivity contribution < 1.29 is 9.53 Å². The Labute approximate surface area is 153 Å². The number of nitrogens with zero attached hydrogens (tertiary/aromatic N) is 6. The zero-order chi connectivity index (χ0) is 18.1. The van der Waals surface area contributed by atoms with Crippen LogP contribution in [0.15, 0.2) is 12.1 Å². The van der Waals surface area contributed by atoms with Crippen LogP contribution in [0.5, 0.6) is 5.88 Å². The van der Waals surface area contributed by atoms with E-state index in [0.29, 0.717) is 11.8 Å². The predicted molar refractivity (Wildman–Crippen MR) is 96.2 cm³/mol. The fraction of sp³-hybridized carbons (Fsp3) is 0.667. The van der Waals surface area contributed by atoms with Gasteiger partial charge in [0.1, 0.15) is 0 Å². The van der Waals surface area contributed by atoms with E-state index in [0.717, 1.165) is 63.2 Å². The van der Waals surface area contributed by atoms with Gasteiger partial charge in [-0.2, -0.15) is 4.52 Å². The van der Waals surface area contributed by atoms with Gasteiger partial charge in [-0.25, -0.2) is 0 Å². The number of methoxy groups -OCH3 is 1. The fourth-order valence-corrected chi connectivity index (χ4v) is 4.13. The summed E-state index contributed by atoms with van der Waals surface area (Å²) in [4.78, 5) is 16.9. The summed E-state index contributed by atoms with van der Waals surface area (Å²) in [6.07, 6.45) is 5.13. The first kappa shape index (κ1) is 17.2. The molecular weight excluding hydrogens is 332 g/mol. The van der Waals surface area contributed by atoms with Gasteiger partial charge in [0, 0.05) is 25.6 Å². The molecule has 0 radical (unpaired) electrons. The quantitative estimate of drug-likeness (QED) is 0.824. The zero-order valence-corrected chi connectivity index (χ0v) is 15.5. The van der Waals surface area contributed by atoms with Gasteiger partial charge in [-0.05, 0) is 51.3 Å². The Morgan fingerprint density at radius 2 is 1.88 bits per heavy atom. The minimum Gasteiger partial charge on any atom is -0.480 e. The fourth-order valence-electron chi connectivity index (χ4n) is 4.13. The maximum absolute atomic E-state index is 12.6. The van der Waals surface area contributed by atoms with Crippen LogP contribution in [0.4, 0.5) is 0 Å². The van der Waals surface area contributed by atoms with E-state index in [9.17, 15) is 4.79 Å². The first-order valence-electron chi connectivity index (χ1n) is 9.43.